The summed E-state index contributed by atoms with van der Waals surface area (Å²) >= 11 is 6.26. The van der Waals surface area contributed by atoms with Crippen molar-refractivity contribution in [2.24, 2.45) is 7.05 Å². The lowest BCUT2D eigenvalue weighted by Gasteiger charge is -2.22. The number of amides is 1. The standard InChI is InChI=1S/C23H25ClF3N7O2/c1-12(16-9-19(36-4)28-10-17(16)24)21(35)34-8-7-14(11-34)30-18-6-5-15(13(2)29-18)20-31-22(23(25,26)27)33(3)32-20/h5-6,9-10,12,14H,7-8,11H2,1-4H3,(H,29,30)/t12-,14+/m1/s1. The number of nitrogens with zero attached hydrogens (tertiary/aromatic N) is 6. The van der Waals surface area contributed by atoms with E-state index in [2.05, 4.69) is 25.4 Å². The minimum Gasteiger partial charge on any atom is -0.481 e. The Hall–Kier alpha value is -3.41. The topological polar surface area (TPSA) is 98.1 Å². The summed E-state index contributed by atoms with van der Waals surface area (Å²) in [5.74, 6) is -0.709. The Morgan fingerprint density at radius 2 is 2.06 bits per heavy atom. The van der Waals surface area contributed by atoms with E-state index in [1.807, 2.05) is 0 Å². The summed E-state index contributed by atoms with van der Waals surface area (Å²) in [5, 5.41) is 7.59. The Labute approximate surface area is 210 Å². The van der Waals surface area contributed by atoms with E-state index in [0.717, 1.165) is 0 Å². The average molecular weight is 524 g/mol. The number of nitrogens with one attached hydrogen (secondary N) is 1. The number of methoxy groups -OCH3 is 1. The van der Waals surface area contributed by atoms with Crippen LogP contribution in [-0.2, 0) is 18.0 Å². The number of alkyl halides is 3. The van der Waals surface area contributed by atoms with Gasteiger partial charge in [0.15, 0.2) is 5.82 Å². The van der Waals surface area contributed by atoms with Crippen LogP contribution in [0.2, 0.25) is 5.02 Å². The lowest BCUT2D eigenvalue weighted by Crippen LogP contribution is -2.34. The summed E-state index contributed by atoms with van der Waals surface area (Å²) in [5.41, 5.74) is 1.54. The second-order valence-corrected chi connectivity index (χ2v) is 9.00. The fourth-order valence-electron chi connectivity index (χ4n) is 4.19. The molecular weight excluding hydrogens is 499 g/mol. The van der Waals surface area contributed by atoms with Crippen molar-refractivity contribution in [2.45, 2.75) is 38.4 Å². The first-order valence-corrected chi connectivity index (χ1v) is 11.6. The van der Waals surface area contributed by atoms with Gasteiger partial charge in [-0.3, -0.25) is 4.79 Å². The summed E-state index contributed by atoms with van der Waals surface area (Å²) in [6, 6.07) is 4.94. The second kappa shape index (κ2) is 9.92. The zero-order valence-electron chi connectivity index (χ0n) is 20.1. The first-order chi connectivity index (χ1) is 17.0. The zero-order chi connectivity index (χ0) is 26.2. The molecule has 0 unspecified atom stereocenters. The van der Waals surface area contributed by atoms with E-state index >= 15 is 0 Å². The Morgan fingerprint density at radius 1 is 1.31 bits per heavy atom. The molecule has 0 radical (unpaired) electrons. The number of ether oxygens (including phenoxy) is 1. The molecule has 0 aromatic carbocycles. The van der Waals surface area contributed by atoms with Gasteiger partial charge in [0.25, 0.3) is 0 Å². The molecule has 3 aromatic heterocycles. The van der Waals surface area contributed by atoms with Gasteiger partial charge in [-0.15, -0.1) is 0 Å². The lowest BCUT2D eigenvalue weighted by atomic mass is 10.0. The van der Waals surface area contributed by atoms with Crippen LogP contribution in [0.15, 0.2) is 24.4 Å². The summed E-state index contributed by atoms with van der Waals surface area (Å²) in [4.78, 5) is 27.0. The molecule has 0 spiro atoms. The van der Waals surface area contributed by atoms with Gasteiger partial charge in [0.2, 0.25) is 17.6 Å². The molecule has 36 heavy (non-hydrogen) atoms. The maximum Gasteiger partial charge on any atom is 0.451 e. The number of halogens is 4. The molecule has 1 amide bonds. The van der Waals surface area contributed by atoms with E-state index in [1.165, 1.54) is 20.4 Å². The Morgan fingerprint density at radius 3 is 2.69 bits per heavy atom. The maximum atomic E-state index is 13.1. The van der Waals surface area contributed by atoms with E-state index in [4.69, 9.17) is 16.3 Å². The molecule has 3 aromatic rings. The summed E-state index contributed by atoms with van der Waals surface area (Å²) in [6.45, 7) is 4.52. The van der Waals surface area contributed by atoms with Gasteiger partial charge >= 0.3 is 6.18 Å². The van der Waals surface area contributed by atoms with Crippen molar-refractivity contribution in [3.63, 3.8) is 0 Å². The predicted octanol–water partition coefficient (Wildman–Crippen LogP) is 4.08. The van der Waals surface area contributed by atoms with Gasteiger partial charge in [-0.25, -0.2) is 19.6 Å². The molecule has 1 N–H and O–H groups in total. The maximum absolute atomic E-state index is 13.1. The molecule has 1 saturated heterocycles. The van der Waals surface area contributed by atoms with E-state index in [-0.39, 0.29) is 17.8 Å². The number of aromatic nitrogens is 5. The highest BCUT2D eigenvalue weighted by Gasteiger charge is 2.37. The number of pyridine rings is 2. The fourth-order valence-corrected chi connectivity index (χ4v) is 4.46. The van der Waals surface area contributed by atoms with Gasteiger partial charge in [0.05, 0.1) is 23.7 Å². The van der Waals surface area contributed by atoms with Gasteiger partial charge in [-0.2, -0.15) is 18.3 Å². The summed E-state index contributed by atoms with van der Waals surface area (Å²) in [6.07, 6.45) is -2.41. The number of hydrogen-bond donors (Lipinski definition) is 1. The zero-order valence-corrected chi connectivity index (χ0v) is 20.9. The molecule has 0 saturated carbocycles. The number of aryl methyl sites for hydroxylation is 2. The van der Waals surface area contributed by atoms with E-state index in [1.54, 1.807) is 36.9 Å². The third-order valence-electron chi connectivity index (χ3n) is 6.10. The summed E-state index contributed by atoms with van der Waals surface area (Å²) < 4.78 is 45.1. The fraction of sp³-hybridized carbons (Fsp3) is 0.435. The average Bonchev–Trinajstić information content (AvgIpc) is 3.45. The molecular formula is C23H25ClF3N7O2. The number of likely N-dealkylation sites (tertiary alicyclic amines) is 1. The number of hydrogen-bond acceptors (Lipinski definition) is 7. The van der Waals surface area contributed by atoms with Crippen molar-refractivity contribution in [2.75, 3.05) is 25.5 Å². The lowest BCUT2D eigenvalue weighted by molar-refractivity contribution is -0.147. The van der Waals surface area contributed by atoms with Crippen LogP contribution < -0.4 is 10.1 Å². The number of rotatable bonds is 6. The molecule has 1 aliphatic rings. The van der Waals surface area contributed by atoms with Gasteiger partial charge in [-0.1, -0.05) is 11.6 Å². The molecule has 13 heteroatoms. The first kappa shape index (κ1) is 25.7. The Bertz CT molecular complexity index is 1280. The van der Waals surface area contributed by atoms with Gasteiger partial charge < -0.3 is 15.0 Å². The molecule has 2 atom stereocenters. The van der Waals surface area contributed by atoms with E-state index in [0.29, 0.717) is 57.7 Å². The van der Waals surface area contributed by atoms with Gasteiger partial charge in [0.1, 0.15) is 5.82 Å². The smallest absolute Gasteiger partial charge is 0.451 e. The van der Waals surface area contributed by atoms with Crippen LogP contribution in [0.3, 0.4) is 0 Å². The number of anilines is 1. The van der Waals surface area contributed by atoms with Crippen LogP contribution in [-0.4, -0.2) is 61.8 Å². The first-order valence-electron chi connectivity index (χ1n) is 11.2. The van der Waals surface area contributed by atoms with Crippen molar-refractivity contribution in [1.82, 2.24) is 29.6 Å². The summed E-state index contributed by atoms with van der Waals surface area (Å²) in [7, 11) is 2.70. The molecule has 1 aliphatic heterocycles. The van der Waals surface area contributed by atoms with Gasteiger partial charge in [-0.05, 0) is 38.0 Å². The highest BCUT2D eigenvalue weighted by atomic mass is 35.5. The van der Waals surface area contributed by atoms with Crippen molar-refractivity contribution in [3.8, 4) is 17.3 Å². The van der Waals surface area contributed by atoms with Crippen molar-refractivity contribution in [3.05, 3.63) is 46.5 Å². The highest BCUT2D eigenvalue weighted by molar-refractivity contribution is 6.31. The van der Waals surface area contributed by atoms with Crippen LogP contribution in [0, 0.1) is 6.92 Å². The van der Waals surface area contributed by atoms with Crippen LogP contribution in [0.5, 0.6) is 5.88 Å². The van der Waals surface area contributed by atoms with E-state index < -0.39 is 17.9 Å². The van der Waals surface area contributed by atoms with Crippen LogP contribution in [0.1, 0.15) is 36.3 Å². The third kappa shape index (κ3) is 5.23. The normalized spacial score (nSPS) is 16.8. The Kier molecular flexibility index (Phi) is 7.07. The molecule has 192 valence electrons. The molecule has 0 aliphatic carbocycles. The molecule has 4 heterocycles. The molecule has 4 rings (SSSR count). The quantitative estimate of drug-likeness (QED) is 0.520. The van der Waals surface area contributed by atoms with Crippen LogP contribution >= 0.6 is 11.6 Å². The minimum absolute atomic E-state index is 0.0360. The SMILES string of the molecule is COc1cc([C@@H](C)C(=O)N2CC[C@H](Nc3ccc(-c4nc(C(F)(F)F)n(C)n4)c(C)n3)C2)c(Cl)cn1. The second-order valence-electron chi connectivity index (χ2n) is 8.59. The molecule has 0 bridgehead atoms. The van der Waals surface area contributed by atoms with E-state index in [9.17, 15) is 18.0 Å². The minimum atomic E-state index is -4.60. The third-order valence-corrected chi connectivity index (χ3v) is 6.42. The monoisotopic (exact) mass is 523 g/mol. The van der Waals surface area contributed by atoms with Crippen molar-refractivity contribution in [1.29, 1.82) is 0 Å². The van der Waals surface area contributed by atoms with Gasteiger partial charge in [0, 0.05) is 44.0 Å². The van der Waals surface area contributed by atoms with Crippen molar-refractivity contribution >= 4 is 23.3 Å². The number of carbonyl (C=O) groups is 1. The van der Waals surface area contributed by atoms with Crippen LogP contribution in [0.25, 0.3) is 11.4 Å². The highest BCUT2D eigenvalue weighted by Crippen LogP contribution is 2.31. The Balaban J connectivity index is 1.42. The largest absolute Gasteiger partial charge is 0.481 e. The van der Waals surface area contributed by atoms with Crippen molar-refractivity contribution < 1.29 is 22.7 Å². The number of carbonyl (C=O) groups excluding carboxylic acids is 1. The predicted molar refractivity (Wildman–Crippen MR) is 127 cm³/mol. The van der Waals surface area contributed by atoms with Crippen LogP contribution in [0.4, 0.5) is 19.0 Å². The molecule has 1 fully saturated rings. The molecule has 9 nitrogen and oxygen atoms in total.